The Morgan fingerprint density at radius 1 is 1.25 bits per heavy atom. The van der Waals surface area contributed by atoms with E-state index in [1.807, 2.05) is 54.8 Å². The lowest BCUT2D eigenvalue weighted by molar-refractivity contribution is 0.340. The topological polar surface area (TPSA) is 56.5 Å². The molecule has 0 aliphatic rings. The largest absolute Gasteiger partial charge is 0.494 e. The molecule has 0 radical (unpaired) electrons. The molecule has 120 valence electrons. The van der Waals surface area contributed by atoms with Crippen LogP contribution in [0.25, 0.3) is 22.4 Å². The highest BCUT2D eigenvalue weighted by atomic mass is 32.1. The number of aromatic nitrogens is 3. The van der Waals surface area contributed by atoms with Gasteiger partial charge in [-0.15, -0.1) is 16.4 Å². The Kier molecular flexibility index (Phi) is 3.87. The molecule has 7 heteroatoms. The summed E-state index contributed by atoms with van der Waals surface area (Å²) in [6, 6.07) is 11.5. The van der Waals surface area contributed by atoms with Gasteiger partial charge in [0.05, 0.1) is 11.1 Å². The molecule has 0 atom stereocenters. The van der Waals surface area contributed by atoms with Crippen LogP contribution in [0.1, 0.15) is 11.8 Å². The van der Waals surface area contributed by atoms with E-state index in [9.17, 15) is 4.79 Å². The Labute approximate surface area is 145 Å². The summed E-state index contributed by atoms with van der Waals surface area (Å²) in [7, 11) is 0. The maximum atomic E-state index is 12.5. The molecule has 4 rings (SSSR count). The van der Waals surface area contributed by atoms with Gasteiger partial charge in [0, 0.05) is 10.4 Å². The normalized spacial score (nSPS) is 12.1. The Morgan fingerprint density at radius 2 is 2.08 bits per heavy atom. The van der Waals surface area contributed by atoms with E-state index >= 15 is 0 Å². The number of thiazole rings is 1. The van der Waals surface area contributed by atoms with Crippen LogP contribution in [-0.2, 0) is 0 Å². The highest BCUT2D eigenvalue weighted by Gasteiger charge is 2.12. The third-order valence-corrected chi connectivity index (χ3v) is 5.20. The molecule has 0 aliphatic heterocycles. The molecule has 5 nitrogen and oxygen atoms in total. The fraction of sp³-hybridized carbons (Fsp3) is 0.118. The summed E-state index contributed by atoms with van der Waals surface area (Å²) < 4.78 is 7.44. The monoisotopic (exact) mass is 355 g/mol. The number of fused-ring (bicyclic) bond motifs is 1. The van der Waals surface area contributed by atoms with E-state index in [4.69, 9.17) is 4.74 Å². The van der Waals surface area contributed by atoms with Crippen LogP contribution in [0.2, 0.25) is 0 Å². The molecule has 0 saturated heterocycles. The Bertz CT molecular complexity index is 1080. The van der Waals surface area contributed by atoms with Gasteiger partial charge in [-0.3, -0.25) is 4.79 Å². The molecule has 0 bridgehead atoms. The third-order valence-electron chi connectivity index (χ3n) is 3.42. The quantitative estimate of drug-likeness (QED) is 0.565. The average Bonchev–Trinajstić information content (AvgIpc) is 3.29. The molecule has 0 unspecified atom stereocenters. The van der Waals surface area contributed by atoms with Crippen molar-refractivity contribution in [3.8, 4) is 17.1 Å². The number of ether oxygens (including phenoxy) is 1. The van der Waals surface area contributed by atoms with Crippen LogP contribution in [0.15, 0.2) is 46.6 Å². The molecule has 1 aromatic carbocycles. The van der Waals surface area contributed by atoms with Gasteiger partial charge >= 0.3 is 0 Å². The molecule has 0 amide bonds. The minimum absolute atomic E-state index is 0.131. The molecular formula is C17H13N3O2S2. The summed E-state index contributed by atoms with van der Waals surface area (Å²) in [4.78, 5) is 18.6. The summed E-state index contributed by atoms with van der Waals surface area (Å²) >= 11 is 2.95. The van der Waals surface area contributed by atoms with Crippen LogP contribution >= 0.6 is 22.7 Å². The van der Waals surface area contributed by atoms with Gasteiger partial charge in [-0.2, -0.15) is 9.50 Å². The predicted octanol–water partition coefficient (Wildman–Crippen LogP) is 2.83. The standard InChI is InChI=1S/C17H13N3O2S2/c1-2-22-12-7-5-11(6-8-12)15-18-17-20(19-15)16(21)14(24-17)10-13-4-3-9-23-13/h3-10H,2H2,1H3/b14-10-. The summed E-state index contributed by atoms with van der Waals surface area (Å²) in [6.07, 6.45) is 1.88. The Hall–Kier alpha value is -2.51. The van der Waals surface area contributed by atoms with Crippen LogP contribution in [0.4, 0.5) is 0 Å². The molecule has 3 heterocycles. The zero-order chi connectivity index (χ0) is 16.5. The fourth-order valence-corrected chi connectivity index (χ4v) is 3.96. The van der Waals surface area contributed by atoms with E-state index in [0.29, 0.717) is 21.9 Å². The van der Waals surface area contributed by atoms with Gasteiger partial charge in [0.2, 0.25) is 4.96 Å². The molecule has 0 aliphatic carbocycles. The van der Waals surface area contributed by atoms with Gasteiger partial charge in [0.15, 0.2) is 5.82 Å². The van der Waals surface area contributed by atoms with Crippen molar-refractivity contribution in [2.75, 3.05) is 6.61 Å². The minimum atomic E-state index is -0.131. The molecule has 0 spiro atoms. The molecule has 3 aromatic heterocycles. The zero-order valence-electron chi connectivity index (χ0n) is 12.8. The van der Waals surface area contributed by atoms with Gasteiger partial charge in [-0.1, -0.05) is 17.4 Å². The fourth-order valence-electron chi connectivity index (χ4n) is 2.33. The second kappa shape index (κ2) is 6.18. The summed E-state index contributed by atoms with van der Waals surface area (Å²) in [5.74, 6) is 1.35. The minimum Gasteiger partial charge on any atom is -0.494 e. The van der Waals surface area contributed by atoms with Crippen molar-refractivity contribution in [2.45, 2.75) is 6.92 Å². The van der Waals surface area contributed by atoms with Gasteiger partial charge in [-0.05, 0) is 48.7 Å². The van der Waals surface area contributed by atoms with Crippen molar-refractivity contribution in [2.24, 2.45) is 0 Å². The molecule has 4 aromatic rings. The number of rotatable bonds is 4. The molecule has 0 saturated carbocycles. The first-order valence-corrected chi connectivity index (χ1v) is 9.12. The lowest BCUT2D eigenvalue weighted by atomic mass is 10.2. The molecule has 0 fully saturated rings. The summed E-state index contributed by atoms with van der Waals surface area (Å²) in [6.45, 7) is 2.57. The van der Waals surface area contributed by atoms with Crippen LogP contribution in [0.5, 0.6) is 5.75 Å². The van der Waals surface area contributed by atoms with Crippen molar-refractivity contribution < 1.29 is 4.74 Å². The van der Waals surface area contributed by atoms with E-state index in [-0.39, 0.29) is 5.56 Å². The third kappa shape index (κ3) is 2.72. The van der Waals surface area contributed by atoms with Gasteiger partial charge < -0.3 is 4.74 Å². The van der Waals surface area contributed by atoms with E-state index in [0.717, 1.165) is 16.2 Å². The number of nitrogens with zero attached hydrogens (tertiary/aromatic N) is 3. The number of benzene rings is 1. The lowest BCUT2D eigenvalue weighted by Crippen LogP contribution is -2.23. The second-order valence-corrected chi connectivity index (χ2v) is 7.01. The first-order chi connectivity index (χ1) is 11.7. The average molecular weight is 355 g/mol. The maximum absolute atomic E-state index is 12.5. The number of hydrogen-bond acceptors (Lipinski definition) is 6. The van der Waals surface area contributed by atoms with E-state index in [1.165, 1.54) is 15.9 Å². The zero-order valence-corrected chi connectivity index (χ0v) is 14.4. The highest BCUT2D eigenvalue weighted by Crippen LogP contribution is 2.20. The summed E-state index contributed by atoms with van der Waals surface area (Å²) in [5, 5.41) is 6.34. The van der Waals surface area contributed by atoms with Crippen LogP contribution < -0.4 is 14.8 Å². The highest BCUT2D eigenvalue weighted by molar-refractivity contribution is 7.15. The number of hydrogen-bond donors (Lipinski definition) is 0. The predicted molar refractivity (Wildman–Crippen MR) is 96.8 cm³/mol. The Balaban J connectivity index is 1.73. The van der Waals surface area contributed by atoms with E-state index < -0.39 is 0 Å². The van der Waals surface area contributed by atoms with Crippen LogP contribution in [0, 0.1) is 0 Å². The van der Waals surface area contributed by atoms with Crippen molar-refractivity contribution in [3.63, 3.8) is 0 Å². The summed E-state index contributed by atoms with van der Waals surface area (Å²) in [5.41, 5.74) is 0.727. The van der Waals surface area contributed by atoms with Gasteiger partial charge in [0.25, 0.3) is 5.56 Å². The lowest BCUT2D eigenvalue weighted by Gasteiger charge is -2.02. The van der Waals surface area contributed by atoms with Gasteiger partial charge in [0.1, 0.15) is 5.75 Å². The first-order valence-electron chi connectivity index (χ1n) is 7.42. The molecule has 24 heavy (non-hydrogen) atoms. The maximum Gasteiger partial charge on any atom is 0.291 e. The van der Waals surface area contributed by atoms with Gasteiger partial charge in [-0.25, -0.2) is 0 Å². The van der Waals surface area contributed by atoms with E-state index in [1.54, 1.807) is 11.3 Å². The van der Waals surface area contributed by atoms with Crippen LogP contribution in [-0.4, -0.2) is 21.2 Å². The van der Waals surface area contributed by atoms with Crippen molar-refractivity contribution >= 4 is 33.7 Å². The first kappa shape index (κ1) is 15.0. The molecular weight excluding hydrogens is 342 g/mol. The smallest absolute Gasteiger partial charge is 0.291 e. The molecule has 0 N–H and O–H groups in total. The van der Waals surface area contributed by atoms with Crippen molar-refractivity contribution in [1.82, 2.24) is 14.6 Å². The van der Waals surface area contributed by atoms with Crippen molar-refractivity contribution in [1.29, 1.82) is 0 Å². The van der Waals surface area contributed by atoms with E-state index in [2.05, 4.69) is 10.1 Å². The second-order valence-electron chi connectivity index (χ2n) is 5.02. The number of thiophene rings is 1. The van der Waals surface area contributed by atoms with Crippen LogP contribution in [0.3, 0.4) is 0 Å². The SMILES string of the molecule is CCOc1ccc(-c2nc3s/c(=C\c4cccs4)c(=O)n3n2)cc1. The van der Waals surface area contributed by atoms with Crippen molar-refractivity contribution in [3.05, 3.63) is 61.5 Å². The Morgan fingerprint density at radius 3 is 2.75 bits per heavy atom.